The Morgan fingerprint density at radius 1 is 1.09 bits per heavy atom. The highest BCUT2D eigenvalue weighted by Gasteiger charge is 2.13. The van der Waals surface area contributed by atoms with Crippen molar-refractivity contribution >= 4 is 5.95 Å². The molecular weight excluding hydrogens is 280 g/mol. The number of rotatable bonds is 7. The molecule has 0 saturated heterocycles. The van der Waals surface area contributed by atoms with Crippen molar-refractivity contribution in [3.63, 3.8) is 0 Å². The van der Waals surface area contributed by atoms with Crippen molar-refractivity contribution in [3.05, 3.63) is 51.3 Å². The molecule has 2 aromatic rings. The van der Waals surface area contributed by atoms with Crippen LogP contribution >= 0.6 is 0 Å². The number of anilines is 1. The molecule has 22 heavy (non-hydrogen) atoms. The third-order valence-electron chi connectivity index (χ3n) is 3.54. The summed E-state index contributed by atoms with van der Waals surface area (Å²) >= 11 is 0. The number of nitrogens with zero attached hydrogens (tertiary/aromatic N) is 3. The number of para-hydroxylation sites is 1. The summed E-state index contributed by atoms with van der Waals surface area (Å²) in [7, 11) is 1.65. The van der Waals surface area contributed by atoms with Crippen molar-refractivity contribution in [3.8, 4) is 5.69 Å². The summed E-state index contributed by atoms with van der Waals surface area (Å²) < 4.78 is 2.64. The fourth-order valence-electron chi connectivity index (χ4n) is 2.36. The second kappa shape index (κ2) is 7.59. The molecule has 0 unspecified atom stereocenters. The third kappa shape index (κ3) is 3.44. The van der Waals surface area contributed by atoms with E-state index in [1.165, 1.54) is 9.13 Å². The Morgan fingerprint density at radius 3 is 2.45 bits per heavy atom. The van der Waals surface area contributed by atoms with Gasteiger partial charge in [0.1, 0.15) is 0 Å². The normalized spacial score (nSPS) is 10.6. The van der Waals surface area contributed by atoms with Crippen LogP contribution in [-0.4, -0.2) is 21.2 Å². The Morgan fingerprint density at radius 2 is 1.82 bits per heavy atom. The maximum absolute atomic E-state index is 12.7. The van der Waals surface area contributed by atoms with Gasteiger partial charge in [-0.3, -0.25) is 0 Å². The second-order valence-corrected chi connectivity index (χ2v) is 5.13. The molecule has 0 aliphatic carbocycles. The lowest BCUT2D eigenvalue weighted by Crippen LogP contribution is -2.42. The van der Waals surface area contributed by atoms with E-state index in [1.54, 1.807) is 7.05 Å². The topological polar surface area (TPSA) is 68.9 Å². The predicted molar refractivity (Wildman–Crippen MR) is 87.8 cm³/mol. The van der Waals surface area contributed by atoms with Crippen molar-refractivity contribution in [1.82, 2.24) is 14.1 Å². The molecule has 1 aromatic carbocycles. The van der Waals surface area contributed by atoms with E-state index in [2.05, 4.69) is 17.2 Å². The highest BCUT2D eigenvalue weighted by Crippen LogP contribution is 2.08. The zero-order valence-electron chi connectivity index (χ0n) is 13.1. The molecule has 2 rings (SSSR count). The summed E-state index contributed by atoms with van der Waals surface area (Å²) in [6.07, 6.45) is 4.02. The molecule has 0 radical (unpaired) electrons. The summed E-state index contributed by atoms with van der Waals surface area (Å²) in [6, 6.07) is 9.20. The van der Waals surface area contributed by atoms with Gasteiger partial charge in [0, 0.05) is 13.6 Å². The zero-order chi connectivity index (χ0) is 15.9. The Kier molecular flexibility index (Phi) is 5.52. The number of hydrogen-bond donors (Lipinski definition) is 1. The molecule has 1 aromatic heterocycles. The fraction of sp³-hybridized carbons (Fsp3) is 0.438. The third-order valence-corrected chi connectivity index (χ3v) is 3.54. The van der Waals surface area contributed by atoms with Crippen LogP contribution in [0.5, 0.6) is 0 Å². The highest BCUT2D eigenvalue weighted by molar-refractivity contribution is 5.39. The zero-order valence-corrected chi connectivity index (χ0v) is 13.1. The van der Waals surface area contributed by atoms with E-state index in [9.17, 15) is 9.59 Å². The molecule has 0 atom stereocenters. The number of benzene rings is 1. The van der Waals surface area contributed by atoms with Crippen LogP contribution in [0.25, 0.3) is 5.69 Å². The molecule has 0 fully saturated rings. The van der Waals surface area contributed by atoms with Gasteiger partial charge < -0.3 is 5.32 Å². The lowest BCUT2D eigenvalue weighted by molar-refractivity contribution is 0.529. The van der Waals surface area contributed by atoms with Gasteiger partial charge in [0.2, 0.25) is 5.95 Å². The summed E-state index contributed by atoms with van der Waals surface area (Å²) in [5.74, 6) is 0.256. The molecule has 0 amide bonds. The van der Waals surface area contributed by atoms with Gasteiger partial charge in [0.25, 0.3) is 0 Å². The van der Waals surface area contributed by atoms with Gasteiger partial charge in [-0.15, -0.1) is 0 Å². The fourth-order valence-corrected chi connectivity index (χ4v) is 2.36. The Balaban J connectivity index is 2.44. The van der Waals surface area contributed by atoms with Gasteiger partial charge in [-0.05, 0) is 18.6 Å². The summed E-state index contributed by atoms with van der Waals surface area (Å²) in [6.45, 7) is 2.53. The van der Waals surface area contributed by atoms with E-state index in [1.807, 2.05) is 30.3 Å². The van der Waals surface area contributed by atoms with Crippen molar-refractivity contribution in [2.45, 2.75) is 39.2 Å². The SMILES string of the molecule is CCCCCCn1c(=O)nc(NC)n(-c2ccccc2)c1=O. The Bertz CT molecular complexity index is 719. The van der Waals surface area contributed by atoms with Crippen LogP contribution in [0.1, 0.15) is 32.6 Å². The van der Waals surface area contributed by atoms with E-state index in [4.69, 9.17) is 0 Å². The van der Waals surface area contributed by atoms with Gasteiger partial charge in [-0.1, -0.05) is 44.4 Å². The Hall–Kier alpha value is -2.37. The van der Waals surface area contributed by atoms with E-state index in [-0.39, 0.29) is 11.6 Å². The molecule has 6 nitrogen and oxygen atoms in total. The van der Waals surface area contributed by atoms with Crippen molar-refractivity contribution < 1.29 is 0 Å². The van der Waals surface area contributed by atoms with Crippen LogP contribution in [0.3, 0.4) is 0 Å². The predicted octanol–water partition coefficient (Wildman–Crippen LogP) is 2.02. The van der Waals surface area contributed by atoms with Crippen LogP contribution in [0, 0.1) is 0 Å². The maximum Gasteiger partial charge on any atom is 0.354 e. The van der Waals surface area contributed by atoms with Gasteiger partial charge >= 0.3 is 11.4 Å². The first-order valence-corrected chi connectivity index (χ1v) is 7.66. The number of aromatic nitrogens is 3. The van der Waals surface area contributed by atoms with Crippen LogP contribution in [0.4, 0.5) is 5.95 Å². The van der Waals surface area contributed by atoms with Gasteiger partial charge in [-0.25, -0.2) is 18.7 Å². The van der Waals surface area contributed by atoms with Gasteiger partial charge in [-0.2, -0.15) is 4.98 Å². The van der Waals surface area contributed by atoms with Crippen molar-refractivity contribution in [2.24, 2.45) is 0 Å². The van der Waals surface area contributed by atoms with Crippen LogP contribution in [0.15, 0.2) is 39.9 Å². The Labute approximate surface area is 129 Å². The minimum Gasteiger partial charge on any atom is -0.358 e. The minimum atomic E-state index is -0.502. The summed E-state index contributed by atoms with van der Waals surface area (Å²) in [4.78, 5) is 28.7. The van der Waals surface area contributed by atoms with E-state index < -0.39 is 5.69 Å². The number of hydrogen-bond acceptors (Lipinski definition) is 4. The molecule has 0 aliphatic rings. The molecule has 1 N–H and O–H groups in total. The number of nitrogens with one attached hydrogen (secondary N) is 1. The summed E-state index contributed by atoms with van der Waals surface area (Å²) in [5, 5.41) is 2.82. The monoisotopic (exact) mass is 302 g/mol. The first-order chi connectivity index (χ1) is 10.7. The molecule has 0 spiro atoms. The van der Waals surface area contributed by atoms with E-state index in [0.717, 1.165) is 25.7 Å². The molecule has 118 valence electrons. The first-order valence-electron chi connectivity index (χ1n) is 7.66. The standard InChI is InChI=1S/C16H22N4O2/c1-3-4-5-9-12-19-15(21)18-14(17-2)20(16(19)22)13-10-7-6-8-11-13/h6-8,10-11H,3-5,9,12H2,1-2H3,(H,17,18,21). The number of unbranched alkanes of at least 4 members (excludes halogenated alkanes) is 3. The molecule has 1 heterocycles. The molecule has 6 heteroatoms. The second-order valence-electron chi connectivity index (χ2n) is 5.13. The van der Waals surface area contributed by atoms with Crippen LogP contribution in [0.2, 0.25) is 0 Å². The molecule has 0 saturated carbocycles. The molecular formula is C16H22N4O2. The van der Waals surface area contributed by atoms with Crippen molar-refractivity contribution in [1.29, 1.82) is 0 Å². The van der Waals surface area contributed by atoms with Gasteiger partial charge in [0.05, 0.1) is 5.69 Å². The average Bonchev–Trinajstić information content (AvgIpc) is 2.54. The van der Waals surface area contributed by atoms with Gasteiger partial charge in [0.15, 0.2) is 0 Å². The van der Waals surface area contributed by atoms with E-state index in [0.29, 0.717) is 12.2 Å². The lowest BCUT2D eigenvalue weighted by Gasteiger charge is -2.13. The van der Waals surface area contributed by atoms with E-state index >= 15 is 0 Å². The van der Waals surface area contributed by atoms with Crippen molar-refractivity contribution in [2.75, 3.05) is 12.4 Å². The first kappa shape index (κ1) is 16.0. The average molecular weight is 302 g/mol. The highest BCUT2D eigenvalue weighted by atomic mass is 16.2. The quantitative estimate of drug-likeness (QED) is 0.794. The maximum atomic E-state index is 12.7. The lowest BCUT2D eigenvalue weighted by atomic mass is 10.2. The van der Waals surface area contributed by atoms with Crippen LogP contribution in [-0.2, 0) is 6.54 Å². The molecule has 0 bridgehead atoms. The largest absolute Gasteiger partial charge is 0.358 e. The minimum absolute atomic E-state index is 0.256. The summed E-state index contributed by atoms with van der Waals surface area (Å²) in [5.41, 5.74) is -0.170. The molecule has 0 aliphatic heterocycles. The smallest absolute Gasteiger partial charge is 0.354 e. The van der Waals surface area contributed by atoms with Crippen LogP contribution < -0.4 is 16.7 Å².